The molecule has 0 spiro atoms. The van der Waals surface area contributed by atoms with Crippen LogP contribution in [-0.4, -0.2) is 44.7 Å². The summed E-state index contributed by atoms with van der Waals surface area (Å²) in [6.45, 7) is 4.41. The zero-order chi connectivity index (χ0) is 13.9. The Hall–Kier alpha value is -0.780. The predicted molar refractivity (Wildman–Crippen MR) is 79.3 cm³/mol. The third-order valence-corrected chi connectivity index (χ3v) is 5.58. The Morgan fingerprint density at radius 3 is 2.47 bits per heavy atom. The molecule has 2 rings (SSSR count). The molecule has 1 aromatic carbocycles. The molecule has 1 heterocycles. The lowest BCUT2D eigenvalue weighted by Gasteiger charge is -2.35. The molecular formula is C13H19ClN2O2S. The summed E-state index contributed by atoms with van der Waals surface area (Å²) in [6, 6.07) is 7.67. The lowest BCUT2D eigenvalue weighted by molar-refractivity contribution is 0.384. The van der Waals surface area contributed by atoms with Gasteiger partial charge in [-0.05, 0) is 24.6 Å². The average molecular weight is 303 g/mol. The van der Waals surface area contributed by atoms with Gasteiger partial charge in [-0.25, -0.2) is 8.42 Å². The molecule has 0 aliphatic carbocycles. The molecule has 0 atom stereocenters. The number of rotatable bonds is 4. The molecule has 19 heavy (non-hydrogen) atoms. The van der Waals surface area contributed by atoms with Crippen LogP contribution in [0.4, 0.5) is 5.69 Å². The van der Waals surface area contributed by atoms with Crippen LogP contribution in [-0.2, 0) is 10.0 Å². The largest absolute Gasteiger partial charge is 0.369 e. The summed E-state index contributed by atoms with van der Waals surface area (Å²) in [5.41, 5.74) is 1.06. The topological polar surface area (TPSA) is 40.6 Å². The summed E-state index contributed by atoms with van der Waals surface area (Å²) < 4.78 is 25.5. The minimum atomic E-state index is -3.07. The maximum absolute atomic E-state index is 12.0. The van der Waals surface area contributed by atoms with E-state index in [0.717, 1.165) is 5.69 Å². The molecule has 1 aliphatic rings. The second kappa shape index (κ2) is 6.11. The predicted octanol–water partition coefficient (Wildman–Crippen LogP) is 2.20. The molecule has 0 aromatic heterocycles. The molecule has 6 heteroatoms. The van der Waals surface area contributed by atoms with E-state index in [1.807, 2.05) is 31.2 Å². The minimum Gasteiger partial charge on any atom is -0.369 e. The molecular weight excluding hydrogens is 284 g/mol. The van der Waals surface area contributed by atoms with Crippen molar-refractivity contribution in [1.82, 2.24) is 4.31 Å². The summed E-state index contributed by atoms with van der Waals surface area (Å²) >= 11 is 5.97. The second-order valence-electron chi connectivity index (χ2n) is 4.68. The van der Waals surface area contributed by atoms with Gasteiger partial charge in [-0.3, -0.25) is 0 Å². The summed E-state index contributed by atoms with van der Waals surface area (Å²) in [5, 5.41) is 0.707. The highest BCUT2D eigenvalue weighted by Crippen LogP contribution is 2.21. The van der Waals surface area contributed by atoms with Crippen LogP contribution < -0.4 is 4.90 Å². The van der Waals surface area contributed by atoms with E-state index < -0.39 is 10.0 Å². The van der Waals surface area contributed by atoms with E-state index in [1.54, 1.807) is 4.31 Å². The maximum atomic E-state index is 12.0. The Bertz CT molecular complexity index is 525. The first-order valence-electron chi connectivity index (χ1n) is 6.51. The number of benzene rings is 1. The number of piperazine rings is 1. The smallest absolute Gasteiger partial charge is 0.214 e. The van der Waals surface area contributed by atoms with Gasteiger partial charge in [0.15, 0.2) is 0 Å². The van der Waals surface area contributed by atoms with Crippen molar-refractivity contribution in [3.05, 3.63) is 29.3 Å². The Balaban J connectivity index is 2.00. The van der Waals surface area contributed by atoms with Crippen molar-refractivity contribution in [3.63, 3.8) is 0 Å². The van der Waals surface area contributed by atoms with E-state index in [-0.39, 0.29) is 5.75 Å². The number of hydrogen-bond donors (Lipinski definition) is 0. The molecule has 1 aromatic rings. The van der Waals surface area contributed by atoms with Gasteiger partial charge >= 0.3 is 0 Å². The summed E-state index contributed by atoms with van der Waals surface area (Å²) in [5.74, 6) is 0.240. The van der Waals surface area contributed by atoms with Crippen molar-refractivity contribution in [1.29, 1.82) is 0 Å². The van der Waals surface area contributed by atoms with Crippen LogP contribution in [0, 0.1) is 0 Å². The standard InChI is InChI=1S/C13H19ClN2O2S/c1-2-10-19(17,18)16-8-6-15(7-9-16)13-5-3-4-12(14)11-13/h3-5,11H,2,6-10H2,1H3. The first-order valence-corrected chi connectivity index (χ1v) is 8.50. The van der Waals surface area contributed by atoms with E-state index in [1.165, 1.54) is 0 Å². The Morgan fingerprint density at radius 1 is 1.21 bits per heavy atom. The Labute approximate surface area is 120 Å². The van der Waals surface area contributed by atoms with Crippen LogP contribution in [0.25, 0.3) is 0 Å². The maximum Gasteiger partial charge on any atom is 0.214 e. The van der Waals surface area contributed by atoms with Gasteiger partial charge < -0.3 is 4.90 Å². The molecule has 1 aliphatic heterocycles. The normalized spacial score (nSPS) is 17.7. The molecule has 4 nitrogen and oxygen atoms in total. The highest BCUT2D eigenvalue weighted by molar-refractivity contribution is 7.89. The van der Waals surface area contributed by atoms with Crippen molar-refractivity contribution >= 4 is 27.3 Å². The number of hydrogen-bond acceptors (Lipinski definition) is 3. The lowest BCUT2D eigenvalue weighted by Crippen LogP contribution is -2.49. The second-order valence-corrected chi connectivity index (χ2v) is 7.21. The number of nitrogens with zero attached hydrogens (tertiary/aromatic N) is 2. The molecule has 1 fully saturated rings. The molecule has 1 saturated heterocycles. The van der Waals surface area contributed by atoms with E-state index in [9.17, 15) is 8.42 Å². The van der Waals surface area contributed by atoms with Gasteiger partial charge in [-0.2, -0.15) is 4.31 Å². The zero-order valence-corrected chi connectivity index (χ0v) is 12.6. The highest BCUT2D eigenvalue weighted by Gasteiger charge is 2.26. The zero-order valence-electron chi connectivity index (χ0n) is 11.0. The van der Waals surface area contributed by atoms with Crippen molar-refractivity contribution in [2.75, 3.05) is 36.8 Å². The van der Waals surface area contributed by atoms with Gasteiger partial charge in [0.1, 0.15) is 0 Å². The van der Waals surface area contributed by atoms with Crippen LogP contribution >= 0.6 is 11.6 Å². The summed E-state index contributed by atoms with van der Waals surface area (Å²) in [7, 11) is -3.07. The van der Waals surface area contributed by atoms with Crippen LogP contribution in [0.15, 0.2) is 24.3 Å². The van der Waals surface area contributed by atoms with E-state index in [2.05, 4.69) is 4.90 Å². The first-order chi connectivity index (χ1) is 9.03. The van der Waals surface area contributed by atoms with Gasteiger partial charge in [0.25, 0.3) is 0 Å². The van der Waals surface area contributed by atoms with Crippen molar-refractivity contribution in [2.45, 2.75) is 13.3 Å². The van der Waals surface area contributed by atoms with Crippen molar-refractivity contribution < 1.29 is 8.42 Å². The summed E-state index contributed by atoms with van der Waals surface area (Å²) in [4.78, 5) is 2.17. The fourth-order valence-corrected chi connectivity index (χ4v) is 3.96. The third-order valence-electron chi connectivity index (χ3n) is 3.27. The molecule has 0 N–H and O–H groups in total. The van der Waals surface area contributed by atoms with Gasteiger partial charge in [-0.1, -0.05) is 24.6 Å². The lowest BCUT2D eigenvalue weighted by atomic mass is 10.2. The monoisotopic (exact) mass is 302 g/mol. The van der Waals surface area contributed by atoms with Gasteiger partial charge in [0.05, 0.1) is 5.75 Å². The first kappa shape index (κ1) is 14.6. The molecule has 0 radical (unpaired) electrons. The van der Waals surface area contributed by atoms with E-state index in [4.69, 9.17) is 11.6 Å². The fourth-order valence-electron chi connectivity index (χ4n) is 2.28. The van der Waals surface area contributed by atoms with Crippen LogP contribution in [0.2, 0.25) is 5.02 Å². The molecule has 106 valence electrons. The van der Waals surface area contributed by atoms with Crippen LogP contribution in [0.1, 0.15) is 13.3 Å². The highest BCUT2D eigenvalue weighted by atomic mass is 35.5. The van der Waals surface area contributed by atoms with Crippen molar-refractivity contribution in [2.24, 2.45) is 0 Å². The molecule has 0 unspecified atom stereocenters. The third kappa shape index (κ3) is 3.61. The Morgan fingerprint density at radius 2 is 1.89 bits per heavy atom. The quantitative estimate of drug-likeness (QED) is 0.856. The minimum absolute atomic E-state index is 0.240. The van der Waals surface area contributed by atoms with Gasteiger partial charge in [0.2, 0.25) is 10.0 Å². The van der Waals surface area contributed by atoms with E-state index >= 15 is 0 Å². The van der Waals surface area contributed by atoms with E-state index in [0.29, 0.717) is 37.6 Å². The molecule has 0 bridgehead atoms. The summed E-state index contributed by atoms with van der Waals surface area (Å²) in [6.07, 6.45) is 0.664. The average Bonchev–Trinajstić information content (AvgIpc) is 2.39. The SMILES string of the molecule is CCCS(=O)(=O)N1CCN(c2cccc(Cl)c2)CC1. The number of sulfonamides is 1. The van der Waals surface area contributed by atoms with Crippen LogP contribution in [0.5, 0.6) is 0 Å². The van der Waals surface area contributed by atoms with Gasteiger partial charge in [-0.15, -0.1) is 0 Å². The van der Waals surface area contributed by atoms with Crippen LogP contribution in [0.3, 0.4) is 0 Å². The van der Waals surface area contributed by atoms with Crippen molar-refractivity contribution in [3.8, 4) is 0 Å². The fraction of sp³-hybridized carbons (Fsp3) is 0.538. The number of halogens is 1. The Kier molecular flexibility index (Phi) is 4.71. The van der Waals surface area contributed by atoms with Gasteiger partial charge in [0, 0.05) is 36.9 Å². The number of anilines is 1. The molecule has 0 amide bonds. The molecule has 0 saturated carbocycles.